The Morgan fingerprint density at radius 3 is 1.62 bits per heavy atom. The van der Waals surface area contributed by atoms with E-state index in [1.807, 2.05) is 0 Å². The molecule has 132 valence electrons. The average molecular weight is 342 g/mol. The predicted octanol–water partition coefficient (Wildman–Crippen LogP) is 5.01. The maximum atomic E-state index is 2.61. The van der Waals surface area contributed by atoms with Crippen molar-refractivity contribution < 1.29 is 0 Å². The molecule has 0 amide bonds. The average Bonchev–Trinajstić information content (AvgIpc) is 3.06. The SMILES string of the molecule is Cc1ccccc1C1N(Cc2ccccc2)CCN1Cc1ccccc1. The van der Waals surface area contributed by atoms with E-state index in [1.165, 1.54) is 22.3 Å². The van der Waals surface area contributed by atoms with Gasteiger partial charge in [-0.2, -0.15) is 0 Å². The molecule has 1 heterocycles. The van der Waals surface area contributed by atoms with E-state index in [4.69, 9.17) is 0 Å². The maximum absolute atomic E-state index is 2.61. The molecule has 1 fully saturated rings. The lowest BCUT2D eigenvalue weighted by Gasteiger charge is -2.32. The summed E-state index contributed by atoms with van der Waals surface area (Å²) in [6, 6.07) is 30.5. The van der Waals surface area contributed by atoms with Crippen molar-refractivity contribution in [3.8, 4) is 0 Å². The minimum atomic E-state index is 0.330. The number of hydrogen-bond donors (Lipinski definition) is 0. The third-order valence-corrected chi connectivity index (χ3v) is 5.29. The van der Waals surface area contributed by atoms with Crippen molar-refractivity contribution in [1.82, 2.24) is 9.80 Å². The molecule has 0 atom stereocenters. The van der Waals surface area contributed by atoms with Crippen molar-refractivity contribution in [2.45, 2.75) is 26.2 Å². The van der Waals surface area contributed by atoms with Crippen molar-refractivity contribution in [2.24, 2.45) is 0 Å². The van der Waals surface area contributed by atoms with Crippen LogP contribution in [0.5, 0.6) is 0 Å². The highest BCUT2D eigenvalue weighted by Crippen LogP contribution is 2.34. The first-order valence-corrected chi connectivity index (χ1v) is 9.43. The van der Waals surface area contributed by atoms with Crippen molar-refractivity contribution in [3.05, 3.63) is 107 Å². The van der Waals surface area contributed by atoms with E-state index in [0.717, 1.165) is 26.2 Å². The van der Waals surface area contributed by atoms with Crippen LogP contribution in [0.25, 0.3) is 0 Å². The fourth-order valence-electron chi connectivity index (χ4n) is 3.97. The monoisotopic (exact) mass is 342 g/mol. The van der Waals surface area contributed by atoms with Crippen LogP contribution < -0.4 is 0 Å². The van der Waals surface area contributed by atoms with E-state index in [0.29, 0.717) is 6.17 Å². The molecule has 0 aromatic heterocycles. The van der Waals surface area contributed by atoms with E-state index >= 15 is 0 Å². The number of hydrogen-bond acceptors (Lipinski definition) is 2. The second kappa shape index (κ2) is 7.86. The summed E-state index contributed by atoms with van der Waals surface area (Å²) in [5.41, 5.74) is 5.56. The fourth-order valence-corrected chi connectivity index (χ4v) is 3.97. The van der Waals surface area contributed by atoms with Gasteiger partial charge in [-0.3, -0.25) is 9.80 Å². The number of rotatable bonds is 5. The maximum Gasteiger partial charge on any atom is 0.0895 e. The van der Waals surface area contributed by atoms with Crippen molar-refractivity contribution in [2.75, 3.05) is 13.1 Å². The zero-order valence-electron chi connectivity index (χ0n) is 15.4. The summed E-state index contributed by atoms with van der Waals surface area (Å²) < 4.78 is 0. The second-order valence-corrected chi connectivity index (χ2v) is 7.14. The van der Waals surface area contributed by atoms with E-state index < -0.39 is 0 Å². The molecule has 2 nitrogen and oxygen atoms in total. The quantitative estimate of drug-likeness (QED) is 0.643. The van der Waals surface area contributed by atoms with Gasteiger partial charge in [-0.25, -0.2) is 0 Å². The Kier molecular flexibility index (Phi) is 5.14. The molecule has 2 heteroatoms. The molecule has 0 unspecified atom stereocenters. The van der Waals surface area contributed by atoms with Gasteiger partial charge in [0.25, 0.3) is 0 Å². The van der Waals surface area contributed by atoms with Crippen molar-refractivity contribution >= 4 is 0 Å². The van der Waals surface area contributed by atoms with Crippen LogP contribution in [0.4, 0.5) is 0 Å². The standard InChI is InChI=1S/C24H26N2/c1-20-10-8-9-15-23(20)24-25(18-21-11-4-2-5-12-21)16-17-26(24)19-22-13-6-3-7-14-22/h2-15,24H,16-19H2,1H3. The highest BCUT2D eigenvalue weighted by atomic mass is 15.4. The van der Waals surface area contributed by atoms with Crippen LogP contribution in [0, 0.1) is 6.92 Å². The Morgan fingerprint density at radius 2 is 1.12 bits per heavy atom. The number of benzene rings is 3. The fraction of sp³-hybridized carbons (Fsp3) is 0.250. The lowest BCUT2D eigenvalue weighted by atomic mass is 10.0. The summed E-state index contributed by atoms with van der Waals surface area (Å²) in [4.78, 5) is 5.22. The highest BCUT2D eigenvalue weighted by molar-refractivity contribution is 5.30. The Morgan fingerprint density at radius 1 is 0.654 bits per heavy atom. The molecule has 0 N–H and O–H groups in total. The van der Waals surface area contributed by atoms with E-state index in [2.05, 4.69) is 102 Å². The van der Waals surface area contributed by atoms with Crippen LogP contribution in [0.1, 0.15) is 28.4 Å². The lowest BCUT2D eigenvalue weighted by Crippen LogP contribution is -2.31. The third kappa shape index (κ3) is 3.72. The molecular weight excluding hydrogens is 316 g/mol. The van der Waals surface area contributed by atoms with Gasteiger partial charge in [0.05, 0.1) is 6.17 Å². The Labute approximate surface area is 156 Å². The molecule has 3 aromatic rings. The summed E-state index contributed by atoms with van der Waals surface area (Å²) in [7, 11) is 0. The molecule has 4 rings (SSSR count). The first-order valence-electron chi connectivity index (χ1n) is 9.43. The number of nitrogens with zero attached hydrogens (tertiary/aromatic N) is 2. The molecule has 0 saturated carbocycles. The molecular formula is C24H26N2. The normalized spacial score (nSPS) is 16.2. The summed E-state index contributed by atoms with van der Waals surface area (Å²) in [5, 5.41) is 0. The van der Waals surface area contributed by atoms with Gasteiger partial charge in [0.2, 0.25) is 0 Å². The first-order chi connectivity index (χ1) is 12.8. The van der Waals surface area contributed by atoms with Crippen molar-refractivity contribution in [1.29, 1.82) is 0 Å². The first kappa shape index (κ1) is 17.0. The van der Waals surface area contributed by atoms with Crippen LogP contribution in [-0.2, 0) is 13.1 Å². The Bertz CT molecular complexity index is 780. The summed E-state index contributed by atoms with van der Waals surface area (Å²) >= 11 is 0. The minimum absolute atomic E-state index is 0.330. The molecule has 26 heavy (non-hydrogen) atoms. The van der Waals surface area contributed by atoms with Gasteiger partial charge < -0.3 is 0 Å². The summed E-state index contributed by atoms with van der Waals surface area (Å²) in [5.74, 6) is 0. The summed E-state index contributed by atoms with van der Waals surface area (Å²) in [6.07, 6.45) is 0.330. The zero-order valence-corrected chi connectivity index (χ0v) is 15.4. The molecule has 0 radical (unpaired) electrons. The lowest BCUT2D eigenvalue weighted by molar-refractivity contribution is 0.125. The molecule has 0 bridgehead atoms. The van der Waals surface area contributed by atoms with Gasteiger partial charge in [0.15, 0.2) is 0 Å². The topological polar surface area (TPSA) is 6.48 Å². The molecule has 0 aliphatic carbocycles. The molecule has 0 spiro atoms. The number of aryl methyl sites for hydroxylation is 1. The van der Waals surface area contributed by atoms with Crippen LogP contribution in [0.15, 0.2) is 84.9 Å². The van der Waals surface area contributed by atoms with E-state index in [-0.39, 0.29) is 0 Å². The smallest absolute Gasteiger partial charge is 0.0895 e. The van der Waals surface area contributed by atoms with E-state index in [9.17, 15) is 0 Å². The molecule has 1 aliphatic rings. The molecule has 1 saturated heterocycles. The largest absolute Gasteiger partial charge is 0.278 e. The van der Waals surface area contributed by atoms with Gasteiger partial charge in [0.1, 0.15) is 0 Å². The van der Waals surface area contributed by atoms with Gasteiger partial charge >= 0.3 is 0 Å². The van der Waals surface area contributed by atoms with Crippen molar-refractivity contribution in [3.63, 3.8) is 0 Å². The Balaban J connectivity index is 1.63. The van der Waals surface area contributed by atoms with Gasteiger partial charge in [-0.1, -0.05) is 84.9 Å². The summed E-state index contributed by atoms with van der Waals surface area (Å²) in [6.45, 7) is 6.41. The highest BCUT2D eigenvalue weighted by Gasteiger charge is 2.33. The Hall–Kier alpha value is -2.42. The zero-order chi connectivity index (χ0) is 17.8. The van der Waals surface area contributed by atoms with Crippen LogP contribution in [-0.4, -0.2) is 22.9 Å². The van der Waals surface area contributed by atoms with Crippen LogP contribution in [0.3, 0.4) is 0 Å². The third-order valence-electron chi connectivity index (χ3n) is 5.29. The van der Waals surface area contributed by atoms with Crippen LogP contribution >= 0.6 is 0 Å². The second-order valence-electron chi connectivity index (χ2n) is 7.14. The van der Waals surface area contributed by atoms with E-state index in [1.54, 1.807) is 0 Å². The molecule has 3 aromatic carbocycles. The van der Waals surface area contributed by atoms with Gasteiger partial charge in [-0.15, -0.1) is 0 Å². The minimum Gasteiger partial charge on any atom is -0.278 e. The van der Waals surface area contributed by atoms with Gasteiger partial charge in [0, 0.05) is 26.2 Å². The molecule has 1 aliphatic heterocycles. The van der Waals surface area contributed by atoms with Gasteiger partial charge in [-0.05, 0) is 29.2 Å². The van der Waals surface area contributed by atoms with Crippen LogP contribution in [0.2, 0.25) is 0 Å². The predicted molar refractivity (Wildman–Crippen MR) is 108 cm³/mol.